The van der Waals surface area contributed by atoms with Gasteiger partial charge in [0.25, 0.3) is 0 Å². The van der Waals surface area contributed by atoms with Crippen molar-refractivity contribution in [3.63, 3.8) is 0 Å². The average molecular weight is 231 g/mol. The highest BCUT2D eigenvalue weighted by molar-refractivity contribution is 8.00. The van der Waals surface area contributed by atoms with Crippen molar-refractivity contribution < 1.29 is 9.90 Å². The average Bonchev–Trinajstić information content (AvgIpc) is 2.26. The van der Waals surface area contributed by atoms with Gasteiger partial charge in [0.15, 0.2) is 0 Å². The van der Waals surface area contributed by atoms with Crippen molar-refractivity contribution in [2.75, 3.05) is 25.4 Å². The van der Waals surface area contributed by atoms with Crippen LogP contribution in [0.15, 0.2) is 0 Å². The van der Waals surface area contributed by atoms with Crippen LogP contribution in [0.3, 0.4) is 0 Å². The molecule has 1 heterocycles. The number of amides is 1. The first-order chi connectivity index (χ1) is 7.13. The molecule has 0 aromatic rings. The smallest absolute Gasteiger partial charge is 0.232 e. The molecule has 0 aromatic carbocycles. The van der Waals surface area contributed by atoms with E-state index in [9.17, 15) is 4.79 Å². The predicted octanol–water partition coefficient (Wildman–Crippen LogP) is 1.36. The number of aliphatic hydroxyl groups is 1. The van der Waals surface area contributed by atoms with Crippen LogP contribution < -0.4 is 0 Å². The largest absolute Gasteiger partial charge is 0.396 e. The summed E-state index contributed by atoms with van der Waals surface area (Å²) in [6.45, 7) is 6.03. The number of rotatable bonds is 4. The lowest BCUT2D eigenvalue weighted by Gasteiger charge is -2.32. The number of likely N-dealkylation sites (tertiary alicyclic amines) is 1. The van der Waals surface area contributed by atoms with Crippen LogP contribution in [0.25, 0.3) is 0 Å². The molecule has 3 nitrogen and oxygen atoms in total. The van der Waals surface area contributed by atoms with Gasteiger partial charge in [-0.15, -0.1) is 11.8 Å². The van der Waals surface area contributed by atoms with Gasteiger partial charge in [0.1, 0.15) is 0 Å². The molecule has 0 radical (unpaired) electrons. The Morgan fingerprint density at radius 3 is 2.93 bits per heavy atom. The van der Waals surface area contributed by atoms with Crippen molar-refractivity contribution >= 4 is 17.7 Å². The predicted molar refractivity (Wildman–Crippen MR) is 64.0 cm³/mol. The molecule has 0 saturated carbocycles. The highest BCUT2D eigenvalue weighted by atomic mass is 32.2. The summed E-state index contributed by atoms with van der Waals surface area (Å²) < 4.78 is 0. The van der Waals surface area contributed by atoms with Gasteiger partial charge in [0.2, 0.25) is 5.91 Å². The number of hydrogen-bond acceptors (Lipinski definition) is 3. The summed E-state index contributed by atoms with van der Waals surface area (Å²) in [5.41, 5.74) is 0. The lowest BCUT2D eigenvalue weighted by molar-refractivity contribution is -0.130. The first kappa shape index (κ1) is 12.8. The molecule has 1 aliphatic rings. The van der Waals surface area contributed by atoms with Gasteiger partial charge in [0, 0.05) is 19.7 Å². The Morgan fingerprint density at radius 2 is 2.33 bits per heavy atom. The van der Waals surface area contributed by atoms with Crippen LogP contribution in [0.1, 0.15) is 26.7 Å². The second-order valence-corrected chi connectivity index (χ2v) is 5.96. The summed E-state index contributed by atoms with van der Waals surface area (Å²) in [5, 5.41) is 9.57. The molecule has 4 heteroatoms. The van der Waals surface area contributed by atoms with Crippen molar-refractivity contribution in [3.8, 4) is 0 Å². The Morgan fingerprint density at radius 1 is 1.60 bits per heavy atom. The molecule has 0 aliphatic carbocycles. The van der Waals surface area contributed by atoms with Crippen molar-refractivity contribution in [1.29, 1.82) is 0 Å². The zero-order chi connectivity index (χ0) is 11.3. The van der Waals surface area contributed by atoms with Gasteiger partial charge in [-0.05, 0) is 24.0 Å². The Labute approximate surface area is 96.2 Å². The van der Waals surface area contributed by atoms with Crippen LogP contribution in [-0.4, -0.2) is 46.6 Å². The van der Waals surface area contributed by atoms with E-state index in [1.165, 1.54) is 0 Å². The van der Waals surface area contributed by atoms with Gasteiger partial charge in [0.05, 0.1) is 5.75 Å². The first-order valence-corrected chi connectivity index (χ1v) is 6.68. The summed E-state index contributed by atoms with van der Waals surface area (Å²) in [5.74, 6) is 1.11. The van der Waals surface area contributed by atoms with Crippen LogP contribution in [-0.2, 0) is 4.79 Å². The summed E-state index contributed by atoms with van der Waals surface area (Å²) in [6.07, 6.45) is 2.08. The van der Waals surface area contributed by atoms with Gasteiger partial charge >= 0.3 is 0 Å². The summed E-state index contributed by atoms with van der Waals surface area (Å²) in [4.78, 5) is 13.7. The second-order valence-electron chi connectivity index (χ2n) is 4.39. The molecule has 1 fully saturated rings. The van der Waals surface area contributed by atoms with Gasteiger partial charge in [-0.1, -0.05) is 13.8 Å². The molecule has 1 rings (SSSR count). The first-order valence-electron chi connectivity index (χ1n) is 5.63. The third-order valence-corrected chi connectivity index (χ3v) is 3.75. The second kappa shape index (κ2) is 6.38. The number of piperidine rings is 1. The molecule has 0 bridgehead atoms. The maximum absolute atomic E-state index is 11.8. The molecular formula is C11H21NO2S. The van der Waals surface area contributed by atoms with Crippen molar-refractivity contribution in [3.05, 3.63) is 0 Å². The monoisotopic (exact) mass is 231 g/mol. The van der Waals surface area contributed by atoms with Gasteiger partial charge in [-0.2, -0.15) is 0 Å². The van der Waals surface area contributed by atoms with Crippen molar-refractivity contribution in [2.24, 2.45) is 5.92 Å². The van der Waals surface area contributed by atoms with Crippen molar-refractivity contribution in [2.45, 2.75) is 31.9 Å². The quantitative estimate of drug-likeness (QED) is 0.794. The molecule has 1 unspecified atom stereocenters. The molecule has 1 N–H and O–H groups in total. The van der Waals surface area contributed by atoms with Gasteiger partial charge in [-0.3, -0.25) is 4.79 Å². The Kier molecular flexibility index (Phi) is 5.47. The Hall–Kier alpha value is -0.220. The van der Waals surface area contributed by atoms with E-state index >= 15 is 0 Å². The number of carbonyl (C=O) groups is 1. The van der Waals surface area contributed by atoms with E-state index in [1.54, 1.807) is 11.8 Å². The molecule has 1 aliphatic heterocycles. The summed E-state index contributed by atoms with van der Waals surface area (Å²) in [7, 11) is 0. The van der Waals surface area contributed by atoms with E-state index in [4.69, 9.17) is 5.11 Å². The maximum Gasteiger partial charge on any atom is 0.232 e. The van der Waals surface area contributed by atoms with Gasteiger partial charge < -0.3 is 10.0 Å². The lowest BCUT2D eigenvalue weighted by Crippen LogP contribution is -2.41. The zero-order valence-electron chi connectivity index (χ0n) is 9.61. The third kappa shape index (κ3) is 4.43. The number of hydrogen-bond donors (Lipinski definition) is 1. The fourth-order valence-electron chi connectivity index (χ4n) is 1.77. The fourth-order valence-corrected chi connectivity index (χ4v) is 2.43. The van der Waals surface area contributed by atoms with Crippen molar-refractivity contribution in [1.82, 2.24) is 4.90 Å². The molecule has 88 valence electrons. The van der Waals surface area contributed by atoms with Crippen LogP contribution in [0.5, 0.6) is 0 Å². The minimum Gasteiger partial charge on any atom is -0.396 e. The van der Waals surface area contributed by atoms with E-state index < -0.39 is 0 Å². The van der Waals surface area contributed by atoms with Crippen LogP contribution in [0.2, 0.25) is 0 Å². The standard InChI is InChI=1S/C11H21NO2S/c1-9(2)15-8-11(14)12-5-3-4-10(6-12)7-13/h9-10,13H,3-8H2,1-2H3. The molecular weight excluding hydrogens is 210 g/mol. The molecule has 1 amide bonds. The number of aliphatic hydroxyl groups excluding tert-OH is 1. The van der Waals surface area contributed by atoms with E-state index in [0.29, 0.717) is 16.9 Å². The molecule has 0 spiro atoms. The van der Waals surface area contributed by atoms with Crippen LogP contribution in [0.4, 0.5) is 0 Å². The molecule has 1 saturated heterocycles. The highest BCUT2D eigenvalue weighted by Crippen LogP contribution is 2.17. The SMILES string of the molecule is CC(C)SCC(=O)N1CCCC(CO)C1. The minimum atomic E-state index is 0.209. The van der Waals surface area contributed by atoms with E-state index in [1.807, 2.05) is 4.90 Å². The number of thioether (sulfide) groups is 1. The maximum atomic E-state index is 11.8. The van der Waals surface area contributed by atoms with Crippen LogP contribution >= 0.6 is 11.8 Å². The zero-order valence-corrected chi connectivity index (χ0v) is 10.4. The third-order valence-electron chi connectivity index (χ3n) is 2.67. The van der Waals surface area contributed by atoms with Gasteiger partial charge in [-0.25, -0.2) is 0 Å². The van der Waals surface area contributed by atoms with E-state index in [2.05, 4.69) is 13.8 Å². The number of nitrogens with zero attached hydrogens (tertiary/aromatic N) is 1. The lowest BCUT2D eigenvalue weighted by atomic mass is 9.99. The molecule has 0 aromatic heterocycles. The minimum absolute atomic E-state index is 0.209. The number of carbonyl (C=O) groups excluding carboxylic acids is 1. The summed E-state index contributed by atoms with van der Waals surface area (Å²) in [6, 6.07) is 0. The fraction of sp³-hybridized carbons (Fsp3) is 0.909. The Bertz CT molecular complexity index is 209. The normalized spacial score (nSPS) is 22.1. The molecule has 1 atom stereocenters. The summed E-state index contributed by atoms with van der Waals surface area (Å²) >= 11 is 1.69. The topological polar surface area (TPSA) is 40.5 Å². The molecule has 15 heavy (non-hydrogen) atoms. The van der Waals surface area contributed by atoms with E-state index in [0.717, 1.165) is 25.9 Å². The Balaban J connectivity index is 2.32. The highest BCUT2D eigenvalue weighted by Gasteiger charge is 2.22. The van der Waals surface area contributed by atoms with Crippen LogP contribution in [0, 0.1) is 5.92 Å². The van der Waals surface area contributed by atoms with E-state index in [-0.39, 0.29) is 12.5 Å².